The van der Waals surface area contributed by atoms with Crippen LogP contribution in [0.15, 0.2) is 182 Å². The maximum absolute atomic E-state index is 14.5. The third kappa shape index (κ3) is 7.97. The third-order valence-corrected chi connectivity index (χ3v) is 15.2. The van der Waals surface area contributed by atoms with Crippen LogP contribution in [0.1, 0.15) is 0 Å². The smallest absolute Gasteiger partial charge is 0.0689 e. The summed E-state index contributed by atoms with van der Waals surface area (Å²) >= 11 is 0. The van der Waals surface area contributed by atoms with Crippen molar-refractivity contribution in [2.75, 3.05) is 0 Å². The van der Waals surface area contributed by atoms with E-state index in [2.05, 4.69) is 0 Å². The summed E-state index contributed by atoms with van der Waals surface area (Å²) in [5.41, 5.74) is 0. The molecule has 0 aliphatic carbocycles. The van der Waals surface area contributed by atoms with Crippen molar-refractivity contribution in [2.24, 2.45) is 0 Å². The van der Waals surface area contributed by atoms with E-state index in [0.29, 0.717) is 5.09 Å². The molecule has 0 saturated carbocycles. The number of hydrogen-bond acceptors (Lipinski definition) is 6. The largest absolute Gasteiger partial charge is 0.356 e. The van der Waals surface area contributed by atoms with Gasteiger partial charge in [-0.1, -0.05) is 0 Å². The van der Waals surface area contributed by atoms with Crippen molar-refractivity contribution in [1.82, 2.24) is 0 Å². The van der Waals surface area contributed by atoms with Gasteiger partial charge in [0.1, 0.15) is 0 Å². The van der Waals surface area contributed by atoms with Gasteiger partial charge in [-0.05, 0) is 0 Å². The Balaban J connectivity index is 0.000000947. The van der Waals surface area contributed by atoms with Crippen molar-refractivity contribution >= 4 is 46.8 Å². The van der Waals surface area contributed by atoms with Gasteiger partial charge in [-0.15, -0.1) is 0 Å². The molecule has 0 fully saturated rings. The molecule has 8 nitrogen and oxygen atoms in total. The van der Waals surface area contributed by atoms with Crippen molar-refractivity contribution in [2.45, 2.75) is 0 Å². The van der Waals surface area contributed by atoms with Gasteiger partial charge in [-0.2, -0.15) is 0 Å². The number of nitrogens with zero attached hydrogens (tertiary/aromatic N) is 2. The zero-order valence-electron chi connectivity index (χ0n) is 25.0. The molecule has 0 N–H and O–H groups in total. The van der Waals surface area contributed by atoms with E-state index in [1.54, 1.807) is 0 Å². The van der Waals surface area contributed by atoms with Gasteiger partial charge in [0.15, 0.2) is 0 Å². The molecular formula is C36H32N2O6P2Pd. The first kappa shape index (κ1) is 35.1. The second kappa shape index (κ2) is 16.7. The second-order valence-corrected chi connectivity index (χ2v) is 16.7. The van der Waals surface area contributed by atoms with E-state index in [1.807, 2.05) is 182 Å². The molecule has 0 heterocycles. The molecule has 0 unspecified atom stereocenters. The van der Waals surface area contributed by atoms with Crippen molar-refractivity contribution in [3.63, 3.8) is 0 Å². The quantitative estimate of drug-likeness (QED) is 0.0773. The first-order valence-corrected chi connectivity index (χ1v) is 18.3. The molecule has 0 aromatic heterocycles. The van der Waals surface area contributed by atoms with Crippen LogP contribution in [0.2, 0.25) is 0 Å². The Morgan fingerprint density at radius 3 is 0.660 bits per heavy atom. The minimum Gasteiger partial charge on any atom is -0.356 e. The summed E-state index contributed by atoms with van der Waals surface area (Å²) in [4.78, 5) is 22.7. The van der Waals surface area contributed by atoms with E-state index >= 15 is 0 Å². The Kier molecular flexibility index (Phi) is 12.5. The van der Waals surface area contributed by atoms with E-state index < -0.39 is 20.1 Å². The van der Waals surface area contributed by atoms with Gasteiger partial charge in [0.05, 0.1) is 5.09 Å². The zero-order valence-corrected chi connectivity index (χ0v) is 28.5. The van der Waals surface area contributed by atoms with E-state index in [1.165, 1.54) is 0 Å². The molecule has 0 radical (unpaired) electrons. The summed E-state index contributed by atoms with van der Waals surface area (Å²) < 4.78 is 13.5. The molecule has 0 amide bonds. The molecule has 47 heavy (non-hydrogen) atoms. The Hall–Kier alpha value is -4.76. The van der Waals surface area contributed by atoms with Gasteiger partial charge in [0, 0.05) is 20.4 Å². The van der Waals surface area contributed by atoms with Crippen molar-refractivity contribution in [3.8, 4) is 0 Å². The Bertz CT molecular complexity index is 1510. The minimum atomic E-state index is -3.38. The molecule has 11 heteroatoms. The summed E-state index contributed by atoms with van der Waals surface area (Å²) in [5.74, 6) is 0. The van der Waals surface area contributed by atoms with Gasteiger partial charge < -0.3 is 15.3 Å². The summed E-state index contributed by atoms with van der Waals surface area (Å²) in [5, 5.41) is 20.8. The fraction of sp³-hybridized carbons (Fsp3) is 0. The molecule has 6 aromatic carbocycles. The maximum Gasteiger partial charge on any atom is 0.0689 e. The maximum atomic E-state index is 14.5. The molecular weight excluding hydrogens is 725 g/mol. The van der Waals surface area contributed by atoms with E-state index in [0.717, 1.165) is 31.8 Å². The standard InChI is InChI=1S/C36H32NO3P2.NO3.Pd/c38-37(39-41(31-19-7-1-8-20-31,32-21-9-2-10-22-32)33-23-11-3-12-24-33)40-42(34-25-13-4-14-26-34,35-27-15-5-16-28-35)36-29-17-6-18-30-36;2-1(3)4;/h1-30,41-42H;;/q+1;-1;. The predicted molar refractivity (Wildman–Crippen MR) is 189 cm³/mol. The fourth-order valence-electron chi connectivity index (χ4n) is 5.60. The first-order chi connectivity index (χ1) is 22.5. The predicted octanol–water partition coefficient (Wildman–Crippen LogP) is 5.67. The zero-order chi connectivity index (χ0) is 32.2. The first-order valence-electron chi connectivity index (χ1n) is 14.5. The van der Waals surface area contributed by atoms with Crippen LogP contribution in [0.25, 0.3) is 0 Å². The van der Waals surface area contributed by atoms with Gasteiger partial charge in [0.2, 0.25) is 0 Å². The molecule has 0 saturated heterocycles. The van der Waals surface area contributed by atoms with Crippen LogP contribution < -0.4 is 31.8 Å². The molecule has 0 spiro atoms. The van der Waals surface area contributed by atoms with Crippen LogP contribution >= 0.6 is 15.0 Å². The Morgan fingerprint density at radius 1 is 0.362 bits per heavy atom. The van der Waals surface area contributed by atoms with Crippen LogP contribution in [-0.2, 0) is 29.7 Å². The molecule has 0 bridgehead atoms. The summed E-state index contributed by atoms with van der Waals surface area (Å²) in [6, 6.07) is 60.1. The van der Waals surface area contributed by atoms with Crippen LogP contribution in [0.5, 0.6) is 0 Å². The summed E-state index contributed by atoms with van der Waals surface area (Å²) in [7, 11) is -6.76. The van der Waals surface area contributed by atoms with E-state index in [9.17, 15) is 4.91 Å². The van der Waals surface area contributed by atoms with Gasteiger partial charge in [0.25, 0.3) is 0 Å². The summed E-state index contributed by atoms with van der Waals surface area (Å²) in [6.45, 7) is 0. The van der Waals surface area contributed by atoms with Crippen molar-refractivity contribution in [1.29, 1.82) is 0 Å². The van der Waals surface area contributed by atoms with Crippen LogP contribution in [0, 0.1) is 20.2 Å². The number of rotatable bonds is 10. The molecule has 0 atom stereocenters. The van der Waals surface area contributed by atoms with Gasteiger partial charge >= 0.3 is 248 Å². The second-order valence-electron chi connectivity index (χ2n) is 10.2. The molecule has 6 rings (SSSR count). The Labute approximate surface area is 287 Å². The molecule has 0 aliphatic heterocycles. The minimum absolute atomic E-state index is 0. The van der Waals surface area contributed by atoms with Crippen LogP contribution in [0.3, 0.4) is 0 Å². The summed E-state index contributed by atoms with van der Waals surface area (Å²) in [6.07, 6.45) is 0. The monoisotopic (exact) mass is 756 g/mol. The number of hydrogen-bond donors (Lipinski definition) is 0. The fourth-order valence-corrected chi connectivity index (χ4v) is 12.8. The van der Waals surface area contributed by atoms with E-state index in [4.69, 9.17) is 24.6 Å². The topological polar surface area (TPSA) is 105 Å². The Morgan fingerprint density at radius 2 is 0.511 bits per heavy atom. The SMILES string of the molecule is O=[N+](O[PH](c1ccccc1)(c1ccccc1)c1ccccc1)O[PH](c1ccccc1)(c1ccccc1)c1ccccc1.O=[N+]([O-])[O-].[Pd]. The normalized spacial score (nSPS) is 11.4. The van der Waals surface area contributed by atoms with Gasteiger partial charge in [-0.25, -0.2) is 0 Å². The van der Waals surface area contributed by atoms with Crippen molar-refractivity contribution < 1.29 is 39.8 Å². The molecule has 242 valence electrons. The molecule has 6 aromatic rings. The average molecular weight is 757 g/mol. The van der Waals surface area contributed by atoms with Crippen LogP contribution in [0.4, 0.5) is 0 Å². The number of benzene rings is 6. The van der Waals surface area contributed by atoms with Crippen LogP contribution in [-0.4, -0.2) is 10.2 Å². The average Bonchev–Trinajstić information content (AvgIpc) is 3.11. The third-order valence-electron chi connectivity index (χ3n) is 7.50. The molecule has 0 aliphatic rings. The van der Waals surface area contributed by atoms with Crippen molar-refractivity contribution in [3.05, 3.63) is 202 Å². The van der Waals surface area contributed by atoms with Gasteiger partial charge in [-0.3, -0.25) is 0 Å². The van der Waals surface area contributed by atoms with E-state index in [-0.39, 0.29) is 20.4 Å².